The van der Waals surface area contributed by atoms with Gasteiger partial charge in [-0.2, -0.15) is 0 Å². The van der Waals surface area contributed by atoms with Crippen LogP contribution in [0, 0.1) is 0 Å². The van der Waals surface area contributed by atoms with Crippen LogP contribution in [0.25, 0.3) is 0 Å². The van der Waals surface area contributed by atoms with Gasteiger partial charge in [0, 0.05) is 23.8 Å². The number of carbonyl (C=O) groups is 1. The molecule has 0 atom stereocenters. The molecule has 0 saturated heterocycles. The van der Waals surface area contributed by atoms with Gasteiger partial charge in [0.25, 0.3) is 0 Å². The van der Waals surface area contributed by atoms with E-state index in [-0.39, 0.29) is 23.9 Å². The molecular formula is C19H23BrN2O3S. The molecule has 7 heteroatoms. The third-order valence-corrected chi connectivity index (χ3v) is 7.16. The maximum absolute atomic E-state index is 12.8. The van der Waals surface area contributed by atoms with E-state index >= 15 is 0 Å². The normalized spacial score (nSPS) is 11.8. The number of nitrogens with one attached hydrogen (secondary N) is 1. The minimum Gasteiger partial charge on any atom is -0.365 e. The van der Waals surface area contributed by atoms with Crippen molar-refractivity contribution in [2.24, 2.45) is 0 Å². The van der Waals surface area contributed by atoms with Crippen molar-refractivity contribution in [1.29, 1.82) is 0 Å². The van der Waals surface area contributed by atoms with Crippen LogP contribution in [0.1, 0.15) is 13.8 Å². The van der Waals surface area contributed by atoms with Gasteiger partial charge in [0.2, 0.25) is 5.91 Å². The molecule has 0 fully saturated rings. The molecule has 0 aliphatic rings. The Hall–Kier alpha value is -1.86. The fraction of sp³-hybridized carbons (Fsp3) is 0.316. The second kappa shape index (κ2) is 8.22. The van der Waals surface area contributed by atoms with Crippen LogP contribution in [0.4, 0.5) is 5.69 Å². The van der Waals surface area contributed by atoms with E-state index in [0.29, 0.717) is 0 Å². The molecule has 5 nitrogen and oxygen atoms in total. The quantitative estimate of drug-likeness (QED) is 0.720. The molecule has 2 rings (SSSR count). The highest BCUT2D eigenvalue weighted by Gasteiger charge is 2.36. The van der Waals surface area contributed by atoms with Crippen LogP contribution in [0.2, 0.25) is 0 Å². The molecule has 0 saturated carbocycles. The summed E-state index contributed by atoms with van der Waals surface area (Å²) >= 11 is 3.30. The van der Waals surface area contributed by atoms with Crippen molar-refractivity contribution in [3.8, 4) is 0 Å². The monoisotopic (exact) mass is 438 g/mol. The molecule has 0 aromatic heterocycles. The van der Waals surface area contributed by atoms with E-state index in [0.717, 1.165) is 10.2 Å². The van der Waals surface area contributed by atoms with Gasteiger partial charge in [0.1, 0.15) is 0 Å². The van der Waals surface area contributed by atoms with Gasteiger partial charge < -0.3 is 10.2 Å². The average Bonchev–Trinajstić information content (AvgIpc) is 2.61. The largest absolute Gasteiger partial charge is 0.365 e. The summed E-state index contributed by atoms with van der Waals surface area (Å²) in [5, 5.41) is 2.74. The molecule has 0 bridgehead atoms. The lowest BCUT2D eigenvalue weighted by atomic mass is 10.2. The van der Waals surface area contributed by atoms with Gasteiger partial charge in [-0.05, 0) is 50.2 Å². The Bertz CT molecular complexity index is 850. The average molecular weight is 439 g/mol. The molecule has 0 unspecified atom stereocenters. The van der Waals surface area contributed by atoms with Gasteiger partial charge in [-0.1, -0.05) is 34.1 Å². The molecule has 0 aliphatic heterocycles. The lowest BCUT2D eigenvalue weighted by molar-refractivity contribution is -0.119. The highest BCUT2D eigenvalue weighted by molar-refractivity contribution is 9.10. The van der Waals surface area contributed by atoms with E-state index in [1.54, 1.807) is 38.1 Å². The van der Waals surface area contributed by atoms with E-state index in [1.165, 1.54) is 0 Å². The zero-order valence-corrected chi connectivity index (χ0v) is 17.5. The number of likely N-dealkylation sites (N-methyl/N-ethyl adjacent to an activating group) is 1. The summed E-state index contributed by atoms with van der Waals surface area (Å²) in [7, 11) is -1.76. The molecule has 2 aromatic rings. The topological polar surface area (TPSA) is 66.5 Å². The van der Waals surface area contributed by atoms with Gasteiger partial charge in [0.15, 0.2) is 9.84 Å². The first-order chi connectivity index (χ1) is 12.1. The minimum absolute atomic E-state index is 0.0346. The third kappa shape index (κ3) is 4.86. The summed E-state index contributed by atoms with van der Waals surface area (Å²) in [5.41, 5.74) is 0.921. The van der Waals surface area contributed by atoms with E-state index in [4.69, 9.17) is 0 Å². The van der Waals surface area contributed by atoms with Gasteiger partial charge in [-0.15, -0.1) is 0 Å². The maximum Gasteiger partial charge on any atom is 0.239 e. The Morgan fingerprint density at radius 3 is 2.23 bits per heavy atom. The first-order valence-corrected chi connectivity index (χ1v) is 10.4. The van der Waals surface area contributed by atoms with E-state index in [9.17, 15) is 13.2 Å². The zero-order chi connectivity index (χ0) is 19.4. The van der Waals surface area contributed by atoms with Crippen LogP contribution >= 0.6 is 15.9 Å². The van der Waals surface area contributed by atoms with Gasteiger partial charge in [0.05, 0.1) is 16.2 Å². The van der Waals surface area contributed by atoms with Crippen LogP contribution in [0.3, 0.4) is 0 Å². The Morgan fingerprint density at radius 2 is 1.65 bits per heavy atom. The van der Waals surface area contributed by atoms with Crippen molar-refractivity contribution in [2.75, 3.05) is 25.0 Å². The van der Waals surface area contributed by atoms with Crippen molar-refractivity contribution in [1.82, 2.24) is 5.32 Å². The van der Waals surface area contributed by atoms with Crippen LogP contribution < -0.4 is 10.2 Å². The highest BCUT2D eigenvalue weighted by Crippen LogP contribution is 2.26. The number of rotatable bonds is 7. The Balaban J connectivity index is 2.00. The van der Waals surface area contributed by atoms with Crippen LogP contribution in [0.5, 0.6) is 0 Å². The van der Waals surface area contributed by atoms with Crippen molar-refractivity contribution in [3.63, 3.8) is 0 Å². The van der Waals surface area contributed by atoms with Crippen LogP contribution in [-0.4, -0.2) is 39.2 Å². The lowest BCUT2D eigenvalue weighted by Crippen LogP contribution is -2.46. The smallest absolute Gasteiger partial charge is 0.239 e. The van der Waals surface area contributed by atoms with Crippen LogP contribution in [-0.2, 0) is 14.6 Å². The number of hydrogen-bond donors (Lipinski definition) is 1. The number of carbonyl (C=O) groups excluding carboxylic acids is 1. The number of para-hydroxylation sites is 1. The molecule has 140 valence electrons. The summed E-state index contributed by atoms with van der Waals surface area (Å²) in [5.74, 6) is -0.226. The number of benzene rings is 2. The van der Waals surface area contributed by atoms with Crippen molar-refractivity contribution < 1.29 is 13.2 Å². The summed E-state index contributed by atoms with van der Waals surface area (Å²) in [6.07, 6.45) is 0. The number of hydrogen-bond acceptors (Lipinski definition) is 4. The lowest BCUT2D eigenvalue weighted by Gasteiger charge is -2.26. The first-order valence-electron chi connectivity index (χ1n) is 8.16. The van der Waals surface area contributed by atoms with Crippen molar-refractivity contribution in [3.05, 3.63) is 59.1 Å². The molecule has 2 aromatic carbocycles. The maximum atomic E-state index is 12.8. The molecule has 0 spiro atoms. The summed E-state index contributed by atoms with van der Waals surface area (Å²) in [6.45, 7) is 3.42. The first kappa shape index (κ1) is 20.5. The molecule has 26 heavy (non-hydrogen) atoms. The third-order valence-electron chi connectivity index (χ3n) is 4.14. The summed E-state index contributed by atoms with van der Waals surface area (Å²) < 4.78 is 25.4. The number of halogens is 1. The molecule has 1 N–H and O–H groups in total. The highest BCUT2D eigenvalue weighted by atomic mass is 79.9. The molecule has 0 aliphatic carbocycles. The number of amides is 1. The standard InChI is InChI=1S/C19H23BrN2O3S/c1-19(2,26(24,25)17-11-9-15(20)10-12-17)14-21-18(23)13-22(3)16-7-5-4-6-8-16/h4-12H,13-14H2,1-3H3,(H,21,23). The zero-order valence-electron chi connectivity index (χ0n) is 15.1. The van der Waals surface area contributed by atoms with Gasteiger partial charge >= 0.3 is 0 Å². The van der Waals surface area contributed by atoms with Gasteiger partial charge in [-0.25, -0.2) is 8.42 Å². The van der Waals surface area contributed by atoms with E-state index in [2.05, 4.69) is 21.2 Å². The number of anilines is 1. The van der Waals surface area contributed by atoms with Gasteiger partial charge in [-0.3, -0.25) is 4.79 Å². The number of nitrogens with zero attached hydrogens (tertiary/aromatic N) is 1. The summed E-state index contributed by atoms with van der Waals surface area (Å²) in [6, 6.07) is 16.0. The fourth-order valence-electron chi connectivity index (χ4n) is 2.38. The molecule has 0 radical (unpaired) electrons. The SMILES string of the molecule is CN(CC(=O)NCC(C)(C)S(=O)(=O)c1ccc(Br)cc1)c1ccccc1. The fourth-order valence-corrected chi connectivity index (χ4v) is 4.04. The van der Waals surface area contributed by atoms with Crippen molar-refractivity contribution >= 4 is 37.4 Å². The van der Waals surface area contributed by atoms with E-state index < -0.39 is 14.6 Å². The predicted octanol–water partition coefficient (Wildman–Crippen LogP) is 3.25. The Labute approximate surface area is 163 Å². The molecule has 0 heterocycles. The molecule has 1 amide bonds. The predicted molar refractivity (Wildman–Crippen MR) is 108 cm³/mol. The van der Waals surface area contributed by atoms with Crippen LogP contribution in [0.15, 0.2) is 64.0 Å². The Morgan fingerprint density at radius 1 is 1.08 bits per heavy atom. The molecular weight excluding hydrogens is 416 g/mol. The van der Waals surface area contributed by atoms with Crippen molar-refractivity contribution in [2.45, 2.75) is 23.5 Å². The second-order valence-corrected chi connectivity index (χ2v) is 10.2. The minimum atomic E-state index is -3.58. The number of sulfone groups is 1. The Kier molecular flexibility index (Phi) is 6.47. The second-order valence-electron chi connectivity index (χ2n) is 6.69. The summed E-state index contributed by atoms with van der Waals surface area (Å²) in [4.78, 5) is 14.3. The van der Waals surface area contributed by atoms with E-state index in [1.807, 2.05) is 42.3 Å².